The molecule has 2 aromatic rings. The van der Waals surface area contributed by atoms with Crippen LogP contribution in [0.15, 0.2) is 30.5 Å². The van der Waals surface area contributed by atoms with E-state index in [0.29, 0.717) is 22.6 Å². The minimum Gasteiger partial charge on any atom is -0.454 e. The monoisotopic (exact) mass is 269 g/mol. The lowest BCUT2D eigenvalue weighted by molar-refractivity contribution is -0.385. The molecular formula is C14H11N3O3. The Balaban J connectivity index is 2.43. The zero-order valence-electron chi connectivity index (χ0n) is 11.0. The molecule has 0 saturated carbocycles. The van der Waals surface area contributed by atoms with Gasteiger partial charge in [0, 0.05) is 17.8 Å². The topological polar surface area (TPSA) is 89.1 Å². The molecule has 2 rings (SSSR count). The molecule has 0 spiro atoms. The quantitative estimate of drug-likeness (QED) is 0.630. The molecule has 6 nitrogen and oxygen atoms in total. The average Bonchev–Trinajstić information content (AvgIpc) is 2.42. The highest BCUT2D eigenvalue weighted by atomic mass is 16.6. The van der Waals surface area contributed by atoms with Gasteiger partial charge in [-0.15, -0.1) is 0 Å². The Labute approximate surface area is 115 Å². The number of aromatic nitrogens is 1. The van der Waals surface area contributed by atoms with E-state index in [2.05, 4.69) is 4.98 Å². The number of nitro benzene ring substituents is 1. The van der Waals surface area contributed by atoms with E-state index >= 15 is 0 Å². The Morgan fingerprint density at radius 1 is 1.30 bits per heavy atom. The Morgan fingerprint density at radius 3 is 2.70 bits per heavy atom. The van der Waals surface area contributed by atoms with Crippen LogP contribution >= 0.6 is 0 Å². The second-order valence-electron chi connectivity index (χ2n) is 4.23. The lowest BCUT2D eigenvalue weighted by atomic mass is 10.1. The Hall–Kier alpha value is -2.94. The zero-order chi connectivity index (χ0) is 14.7. The average molecular weight is 269 g/mol. The van der Waals surface area contributed by atoms with E-state index in [1.165, 1.54) is 12.3 Å². The van der Waals surface area contributed by atoms with E-state index in [4.69, 9.17) is 10.00 Å². The van der Waals surface area contributed by atoms with Crippen LogP contribution in [0.1, 0.15) is 16.8 Å². The first-order valence-electron chi connectivity index (χ1n) is 5.81. The van der Waals surface area contributed by atoms with Crippen LogP contribution in [0.2, 0.25) is 0 Å². The highest BCUT2D eigenvalue weighted by Crippen LogP contribution is 2.31. The molecule has 0 N–H and O–H groups in total. The zero-order valence-corrected chi connectivity index (χ0v) is 11.0. The van der Waals surface area contributed by atoms with Crippen LogP contribution in [0.3, 0.4) is 0 Å². The third-order valence-electron chi connectivity index (χ3n) is 2.79. The maximum Gasteiger partial charge on any atom is 0.272 e. The van der Waals surface area contributed by atoms with E-state index in [1.54, 1.807) is 32.0 Å². The van der Waals surface area contributed by atoms with Crippen LogP contribution < -0.4 is 4.74 Å². The molecule has 0 unspecified atom stereocenters. The number of nitro groups is 1. The molecule has 0 saturated heterocycles. The predicted molar refractivity (Wildman–Crippen MR) is 71.6 cm³/mol. The summed E-state index contributed by atoms with van der Waals surface area (Å²) in [6.45, 7) is 3.35. The number of ether oxygens (including phenoxy) is 1. The fourth-order valence-electron chi connectivity index (χ4n) is 1.76. The fraction of sp³-hybridized carbons (Fsp3) is 0.143. The van der Waals surface area contributed by atoms with E-state index in [1.807, 2.05) is 6.07 Å². The van der Waals surface area contributed by atoms with Gasteiger partial charge in [-0.05, 0) is 37.6 Å². The van der Waals surface area contributed by atoms with Gasteiger partial charge in [0.1, 0.15) is 11.8 Å². The van der Waals surface area contributed by atoms with Crippen LogP contribution in [0.5, 0.6) is 11.5 Å². The first-order chi connectivity index (χ1) is 9.52. The van der Waals surface area contributed by atoms with Gasteiger partial charge in [-0.3, -0.25) is 10.1 Å². The van der Waals surface area contributed by atoms with Crippen molar-refractivity contribution in [2.24, 2.45) is 0 Å². The Bertz CT molecular complexity index is 720. The first kappa shape index (κ1) is 13.5. The summed E-state index contributed by atoms with van der Waals surface area (Å²) in [6, 6.07) is 8.25. The molecule has 0 radical (unpaired) electrons. The summed E-state index contributed by atoms with van der Waals surface area (Å²) in [5.74, 6) is 0.795. The van der Waals surface area contributed by atoms with Gasteiger partial charge in [-0.1, -0.05) is 0 Å². The summed E-state index contributed by atoms with van der Waals surface area (Å²) in [6.07, 6.45) is 1.50. The number of pyridine rings is 1. The minimum absolute atomic E-state index is 0.0431. The van der Waals surface area contributed by atoms with Crippen molar-refractivity contribution in [1.82, 2.24) is 4.98 Å². The van der Waals surface area contributed by atoms with Gasteiger partial charge < -0.3 is 4.74 Å². The maximum atomic E-state index is 10.9. The summed E-state index contributed by atoms with van der Waals surface area (Å²) < 4.78 is 5.64. The van der Waals surface area contributed by atoms with Crippen LogP contribution in [0.4, 0.5) is 5.69 Å². The second kappa shape index (κ2) is 5.36. The standard InChI is InChI=1S/C14H11N3O3/c1-9-7-14(10(2)6-12(9)17(18)19)20-13-4-3-5-16-11(13)8-15/h3-7H,1-2H3. The maximum absolute atomic E-state index is 10.9. The number of benzene rings is 1. The van der Waals surface area contributed by atoms with E-state index in [-0.39, 0.29) is 11.4 Å². The van der Waals surface area contributed by atoms with E-state index in [9.17, 15) is 10.1 Å². The minimum atomic E-state index is -0.434. The molecule has 0 bridgehead atoms. The van der Waals surface area contributed by atoms with Crippen molar-refractivity contribution < 1.29 is 9.66 Å². The molecule has 100 valence electrons. The molecule has 0 aliphatic rings. The first-order valence-corrected chi connectivity index (χ1v) is 5.81. The number of rotatable bonds is 3. The third kappa shape index (κ3) is 2.57. The fourth-order valence-corrected chi connectivity index (χ4v) is 1.76. The van der Waals surface area contributed by atoms with Gasteiger partial charge in [0.2, 0.25) is 0 Å². The smallest absolute Gasteiger partial charge is 0.272 e. The number of hydrogen-bond donors (Lipinski definition) is 0. The van der Waals surface area contributed by atoms with Gasteiger partial charge in [-0.25, -0.2) is 4.98 Å². The second-order valence-corrected chi connectivity index (χ2v) is 4.23. The molecule has 1 heterocycles. The summed E-state index contributed by atoms with van der Waals surface area (Å²) in [5.41, 5.74) is 1.33. The molecule has 0 amide bonds. The van der Waals surface area contributed by atoms with Crippen molar-refractivity contribution >= 4 is 5.69 Å². The van der Waals surface area contributed by atoms with Gasteiger partial charge in [0.25, 0.3) is 5.69 Å². The lowest BCUT2D eigenvalue weighted by Gasteiger charge is -2.10. The Kier molecular flexibility index (Phi) is 3.62. The normalized spacial score (nSPS) is 9.85. The molecular weight excluding hydrogens is 258 g/mol. The SMILES string of the molecule is Cc1cc([N+](=O)[O-])c(C)cc1Oc1cccnc1C#N. The van der Waals surface area contributed by atoms with Gasteiger partial charge in [-0.2, -0.15) is 5.26 Å². The number of nitrogens with zero attached hydrogens (tertiary/aromatic N) is 3. The number of nitriles is 1. The highest BCUT2D eigenvalue weighted by molar-refractivity contribution is 5.51. The van der Waals surface area contributed by atoms with Crippen LogP contribution in [-0.2, 0) is 0 Å². The molecule has 6 heteroatoms. The molecule has 20 heavy (non-hydrogen) atoms. The van der Waals surface area contributed by atoms with E-state index in [0.717, 1.165) is 0 Å². The predicted octanol–water partition coefficient (Wildman–Crippen LogP) is 3.27. The Morgan fingerprint density at radius 2 is 2.05 bits per heavy atom. The summed E-state index contributed by atoms with van der Waals surface area (Å²) >= 11 is 0. The number of aryl methyl sites for hydroxylation is 2. The molecule has 0 atom stereocenters. The highest BCUT2D eigenvalue weighted by Gasteiger charge is 2.15. The summed E-state index contributed by atoms with van der Waals surface area (Å²) in [5, 5.41) is 19.8. The lowest BCUT2D eigenvalue weighted by Crippen LogP contribution is -1.96. The van der Waals surface area contributed by atoms with Crippen molar-refractivity contribution in [3.05, 3.63) is 57.4 Å². The van der Waals surface area contributed by atoms with Crippen LogP contribution in [-0.4, -0.2) is 9.91 Å². The number of hydrogen-bond acceptors (Lipinski definition) is 5. The van der Waals surface area contributed by atoms with Gasteiger partial charge in [0.15, 0.2) is 11.4 Å². The van der Waals surface area contributed by atoms with Crippen molar-refractivity contribution in [2.75, 3.05) is 0 Å². The molecule has 1 aromatic carbocycles. The van der Waals surface area contributed by atoms with Crippen molar-refractivity contribution in [1.29, 1.82) is 5.26 Å². The molecule has 0 aliphatic heterocycles. The molecule has 0 fully saturated rings. The van der Waals surface area contributed by atoms with Crippen LogP contribution in [0, 0.1) is 35.3 Å². The summed E-state index contributed by atoms with van der Waals surface area (Å²) in [7, 11) is 0. The van der Waals surface area contributed by atoms with Gasteiger partial charge in [0.05, 0.1) is 4.92 Å². The van der Waals surface area contributed by atoms with Crippen molar-refractivity contribution in [2.45, 2.75) is 13.8 Å². The molecule has 0 aliphatic carbocycles. The van der Waals surface area contributed by atoms with Crippen LogP contribution in [0.25, 0.3) is 0 Å². The van der Waals surface area contributed by atoms with Crippen molar-refractivity contribution in [3.8, 4) is 17.6 Å². The summed E-state index contributed by atoms with van der Waals surface area (Å²) in [4.78, 5) is 14.3. The van der Waals surface area contributed by atoms with Crippen molar-refractivity contribution in [3.63, 3.8) is 0 Å². The molecule has 1 aromatic heterocycles. The van der Waals surface area contributed by atoms with E-state index < -0.39 is 4.92 Å². The largest absolute Gasteiger partial charge is 0.454 e. The third-order valence-corrected chi connectivity index (χ3v) is 2.79. The van der Waals surface area contributed by atoms with Gasteiger partial charge >= 0.3 is 0 Å².